The van der Waals surface area contributed by atoms with Crippen LogP contribution in [0.15, 0.2) is 108 Å². The normalized spacial score (nSPS) is 16.0. The molecule has 0 spiro atoms. The summed E-state index contributed by atoms with van der Waals surface area (Å²) in [6.07, 6.45) is 5.02. The number of carbonyl (C=O) groups excluding carboxylic acids is 3. The molecule has 0 bridgehead atoms. The van der Waals surface area contributed by atoms with Gasteiger partial charge in [-0.1, -0.05) is 69.3 Å². The van der Waals surface area contributed by atoms with Gasteiger partial charge in [0, 0.05) is 22.5 Å². The third kappa shape index (κ3) is 10.1. The molecule has 51 heavy (non-hydrogen) atoms. The maximum Gasteiger partial charge on any atom is 0.262 e. The van der Waals surface area contributed by atoms with Crippen LogP contribution in [0.4, 0.5) is 11.4 Å². The molecule has 0 radical (unpaired) electrons. The molecule has 1 aliphatic rings. The highest BCUT2D eigenvalue weighted by Gasteiger charge is 2.34. The Labute approximate surface area is 299 Å². The molecule has 9 nitrogen and oxygen atoms in total. The molecule has 9 heteroatoms. The van der Waals surface area contributed by atoms with Crippen molar-refractivity contribution in [2.75, 3.05) is 38.1 Å². The Kier molecular flexibility index (Phi) is 11.9. The molecule has 2 amide bonds. The summed E-state index contributed by atoms with van der Waals surface area (Å²) in [6, 6.07) is 29.1. The van der Waals surface area contributed by atoms with Gasteiger partial charge in [0.1, 0.15) is 0 Å². The van der Waals surface area contributed by atoms with Gasteiger partial charge in [-0.05, 0) is 96.0 Å². The Bertz CT molecular complexity index is 1910. The lowest BCUT2D eigenvalue weighted by Gasteiger charge is -2.35. The summed E-state index contributed by atoms with van der Waals surface area (Å²) in [5, 5.41) is 5.61. The van der Waals surface area contributed by atoms with Gasteiger partial charge in [0.15, 0.2) is 42.0 Å². The van der Waals surface area contributed by atoms with Gasteiger partial charge in [-0.25, -0.2) is 0 Å². The van der Waals surface area contributed by atoms with Gasteiger partial charge in [0.05, 0.1) is 14.2 Å². The largest absolute Gasteiger partial charge is 0.493 e. The Balaban J connectivity index is 1.34. The van der Waals surface area contributed by atoms with Gasteiger partial charge in [-0.2, -0.15) is 0 Å². The highest BCUT2D eigenvalue weighted by molar-refractivity contribution is 6.14. The summed E-state index contributed by atoms with van der Waals surface area (Å²) in [6.45, 7) is 6.16. The molecule has 264 valence electrons. The number of Topliss-reactive ketones (excluding diaryl/α,β-unsaturated/α-hetero) is 1. The Morgan fingerprint density at radius 2 is 1.10 bits per heavy atom. The fraction of sp³-hybridized carbons (Fsp3) is 0.262. The van der Waals surface area contributed by atoms with E-state index >= 15 is 0 Å². The summed E-state index contributed by atoms with van der Waals surface area (Å²) in [7, 11) is 3.07. The van der Waals surface area contributed by atoms with Crippen LogP contribution in [0.2, 0.25) is 0 Å². The molecule has 0 aliphatic heterocycles. The first-order valence-corrected chi connectivity index (χ1v) is 16.8. The van der Waals surface area contributed by atoms with Crippen LogP contribution in [-0.4, -0.2) is 45.0 Å². The van der Waals surface area contributed by atoms with Crippen LogP contribution in [0.5, 0.6) is 23.0 Å². The second-order valence-corrected chi connectivity index (χ2v) is 13.4. The Morgan fingerprint density at radius 3 is 1.57 bits per heavy atom. The van der Waals surface area contributed by atoms with E-state index in [-0.39, 0.29) is 42.1 Å². The number of methoxy groups -OCH3 is 2. The van der Waals surface area contributed by atoms with Crippen LogP contribution in [-0.2, 0) is 14.4 Å². The number of carbonyl (C=O) groups is 3. The van der Waals surface area contributed by atoms with Crippen LogP contribution in [0, 0.1) is 11.3 Å². The molecule has 0 saturated heterocycles. The molecule has 4 aromatic carbocycles. The number of nitrogens with one attached hydrogen (secondary N) is 2. The van der Waals surface area contributed by atoms with Crippen molar-refractivity contribution in [2.45, 2.75) is 33.6 Å². The van der Waals surface area contributed by atoms with Gasteiger partial charge < -0.3 is 29.6 Å². The summed E-state index contributed by atoms with van der Waals surface area (Å²) in [5.41, 5.74) is 4.20. The van der Waals surface area contributed by atoms with Crippen molar-refractivity contribution in [3.05, 3.63) is 119 Å². The number of benzene rings is 4. The number of hydrogen-bond donors (Lipinski definition) is 2. The number of amides is 2. The van der Waals surface area contributed by atoms with Crippen LogP contribution in [0.25, 0.3) is 12.2 Å². The van der Waals surface area contributed by atoms with Crippen LogP contribution < -0.4 is 29.6 Å². The van der Waals surface area contributed by atoms with Gasteiger partial charge >= 0.3 is 0 Å². The highest BCUT2D eigenvalue weighted by atomic mass is 16.5. The summed E-state index contributed by atoms with van der Waals surface area (Å²) >= 11 is 0. The minimum atomic E-state index is -0.304. The second kappa shape index (κ2) is 16.7. The lowest BCUT2D eigenvalue weighted by molar-refractivity contribution is -0.118. The van der Waals surface area contributed by atoms with E-state index in [1.807, 2.05) is 60.7 Å². The van der Waals surface area contributed by atoms with Crippen molar-refractivity contribution in [2.24, 2.45) is 11.3 Å². The van der Waals surface area contributed by atoms with E-state index in [2.05, 4.69) is 31.4 Å². The zero-order chi connectivity index (χ0) is 36.4. The number of ketones is 1. The van der Waals surface area contributed by atoms with Crippen molar-refractivity contribution in [3.8, 4) is 23.0 Å². The van der Waals surface area contributed by atoms with Crippen molar-refractivity contribution in [3.63, 3.8) is 0 Å². The Morgan fingerprint density at radius 1 is 0.647 bits per heavy atom. The van der Waals surface area contributed by atoms with E-state index in [4.69, 9.17) is 18.9 Å². The van der Waals surface area contributed by atoms with E-state index in [9.17, 15) is 14.4 Å². The average molecular weight is 689 g/mol. The van der Waals surface area contributed by atoms with Crippen LogP contribution in [0.3, 0.4) is 0 Å². The molecular weight excluding hydrogens is 644 g/mol. The topological polar surface area (TPSA) is 112 Å². The standard InChI is InChI=1S/C42H44N2O7/c1-42(2,3)32-24-30(20-28-17-19-36(37(22-28)49-5)50-26-39(45)43-33-12-8-6-9-13-33)41(47)31(25-32)21-29-16-18-35(48-4)38(23-29)51-27-40(46)44-34-14-10-7-11-15-34/h6-23,32H,24-27H2,1-5H3,(H,43,45)(H,44,46)/b30-20-,31-21+. The monoisotopic (exact) mass is 688 g/mol. The zero-order valence-corrected chi connectivity index (χ0v) is 29.7. The predicted octanol–water partition coefficient (Wildman–Crippen LogP) is 8.23. The number of anilines is 2. The quantitative estimate of drug-likeness (QED) is 0.144. The minimum absolute atomic E-state index is 0.0344. The van der Waals surface area contributed by atoms with E-state index in [1.54, 1.807) is 48.5 Å². The third-order valence-electron chi connectivity index (χ3n) is 8.63. The summed E-state index contributed by atoms with van der Waals surface area (Å²) < 4.78 is 22.7. The number of ether oxygens (including phenoxy) is 4. The van der Waals surface area contributed by atoms with Crippen molar-refractivity contribution >= 4 is 41.1 Å². The molecule has 1 unspecified atom stereocenters. The van der Waals surface area contributed by atoms with Gasteiger partial charge in [0.25, 0.3) is 11.8 Å². The molecule has 1 aliphatic carbocycles. The second-order valence-electron chi connectivity index (χ2n) is 13.4. The van der Waals surface area contributed by atoms with Crippen molar-refractivity contribution in [1.82, 2.24) is 0 Å². The fourth-order valence-corrected chi connectivity index (χ4v) is 5.77. The number of hydrogen-bond acceptors (Lipinski definition) is 7. The maximum absolute atomic E-state index is 14.0. The first kappa shape index (κ1) is 36.5. The summed E-state index contributed by atoms with van der Waals surface area (Å²) in [4.78, 5) is 39.0. The zero-order valence-electron chi connectivity index (χ0n) is 29.7. The number of rotatable bonds is 12. The molecule has 0 aromatic heterocycles. The lowest BCUT2D eigenvalue weighted by atomic mass is 9.68. The van der Waals surface area contributed by atoms with Crippen molar-refractivity contribution in [1.29, 1.82) is 0 Å². The van der Waals surface area contributed by atoms with E-state index in [1.165, 1.54) is 14.2 Å². The first-order chi connectivity index (χ1) is 24.5. The lowest BCUT2D eigenvalue weighted by Crippen LogP contribution is -2.29. The van der Waals surface area contributed by atoms with E-state index in [0.29, 0.717) is 58.4 Å². The smallest absolute Gasteiger partial charge is 0.262 e. The molecule has 2 N–H and O–H groups in total. The summed E-state index contributed by atoms with van der Waals surface area (Å²) in [5.74, 6) is 1.32. The molecule has 1 atom stereocenters. The number of allylic oxidation sites excluding steroid dienone is 2. The average Bonchev–Trinajstić information content (AvgIpc) is 3.12. The highest BCUT2D eigenvalue weighted by Crippen LogP contribution is 2.42. The van der Waals surface area contributed by atoms with Gasteiger partial charge in [0.2, 0.25) is 0 Å². The van der Waals surface area contributed by atoms with Gasteiger partial charge in [-0.15, -0.1) is 0 Å². The Hall–Kier alpha value is -5.83. The van der Waals surface area contributed by atoms with Crippen molar-refractivity contribution < 1.29 is 33.3 Å². The molecule has 1 fully saturated rings. The van der Waals surface area contributed by atoms with Crippen LogP contribution >= 0.6 is 0 Å². The molecular formula is C42H44N2O7. The molecule has 5 rings (SSSR count). The van der Waals surface area contributed by atoms with Crippen LogP contribution in [0.1, 0.15) is 44.7 Å². The third-order valence-corrected chi connectivity index (χ3v) is 8.63. The molecule has 4 aromatic rings. The molecule has 0 heterocycles. The SMILES string of the molecule is COc1cc(/C=C2/CC(C(C)(C)C)C/C(=C\c3ccc(OC)c(OCC(=O)Nc4ccccc4)c3)C2=O)ccc1OCC(=O)Nc1ccccc1. The number of para-hydroxylation sites is 2. The van der Waals surface area contributed by atoms with E-state index in [0.717, 1.165) is 11.1 Å². The fourth-order valence-electron chi connectivity index (χ4n) is 5.77. The maximum atomic E-state index is 14.0. The minimum Gasteiger partial charge on any atom is -0.493 e. The van der Waals surface area contributed by atoms with Gasteiger partial charge in [-0.3, -0.25) is 14.4 Å². The predicted molar refractivity (Wildman–Crippen MR) is 200 cm³/mol. The van der Waals surface area contributed by atoms with E-state index < -0.39 is 0 Å². The first-order valence-electron chi connectivity index (χ1n) is 16.8. The molecule has 1 saturated carbocycles.